The van der Waals surface area contributed by atoms with E-state index < -0.39 is 29.2 Å². The Labute approximate surface area is 207 Å². The van der Waals surface area contributed by atoms with Crippen molar-refractivity contribution in [2.75, 3.05) is 18.1 Å². The molecular weight excluding hydrogens is 492 g/mol. The number of carbonyl (C=O) groups excluding carboxylic acids is 2. The molecule has 1 fully saturated rings. The first kappa shape index (κ1) is 24.0. The van der Waals surface area contributed by atoms with Crippen molar-refractivity contribution in [3.63, 3.8) is 0 Å². The molecule has 35 heavy (non-hydrogen) atoms. The quantitative estimate of drug-likeness (QED) is 0.154. The van der Waals surface area contributed by atoms with Crippen molar-refractivity contribution >= 4 is 57.8 Å². The second-order valence-electron chi connectivity index (χ2n) is 7.15. The highest BCUT2D eigenvalue weighted by Crippen LogP contribution is 2.40. The van der Waals surface area contributed by atoms with Crippen LogP contribution in [0, 0.1) is 12.3 Å². The van der Waals surface area contributed by atoms with Crippen molar-refractivity contribution in [3.05, 3.63) is 58.5 Å². The number of thiazole rings is 1. The van der Waals surface area contributed by atoms with Crippen LogP contribution >= 0.6 is 23.1 Å². The molecule has 4 rings (SSSR count). The van der Waals surface area contributed by atoms with Crippen molar-refractivity contribution in [3.8, 4) is 12.3 Å². The lowest BCUT2D eigenvalue weighted by Gasteiger charge is -2.49. The predicted octanol–water partition coefficient (Wildman–Crippen LogP) is 0.926. The van der Waals surface area contributed by atoms with Crippen LogP contribution in [-0.2, 0) is 19.2 Å². The summed E-state index contributed by atoms with van der Waals surface area (Å²) in [4.78, 5) is 52.0. The Morgan fingerprint density at radius 2 is 2.29 bits per heavy atom. The summed E-state index contributed by atoms with van der Waals surface area (Å²) in [5.74, 6) is 0.0408. The number of aromatic nitrogens is 2. The number of allylic oxidation sites excluding steroid dienone is 1. The van der Waals surface area contributed by atoms with Gasteiger partial charge in [0.1, 0.15) is 22.8 Å². The summed E-state index contributed by atoms with van der Waals surface area (Å²) >= 11 is 2.44. The zero-order chi connectivity index (χ0) is 24.9. The molecule has 1 saturated heterocycles. The van der Waals surface area contributed by atoms with Gasteiger partial charge in [0.15, 0.2) is 17.5 Å². The van der Waals surface area contributed by atoms with E-state index in [2.05, 4.69) is 26.4 Å². The molecule has 2 aliphatic rings. The monoisotopic (exact) mass is 510 g/mol. The number of nitrogens with zero attached hydrogens (tertiary/aromatic N) is 4. The van der Waals surface area contributed by atoms with E-state index in [0.29, 0.717) is 11.3 Å². The number of nitrogens with two attached hydrogens (primary N) is 1. The van der Waals surface area contributed by atoms with Crippen LogP contribution in [0.2, 0.25) is 0 Å². The second kappa shape index (κ2) is 10.4. The van der Waals surface area contributed by atoms with Gasteiger partial charge in [-0.15, -0.1) is 29.5 Å². The number of fused-ring (bicyclic) bond motifs is 1. The van der Waals surface area contributed by atoms with Gasteiger partial charge in [0.05, 0.1) is 0 Å². The molecular formula is C22H18N6O5S2. The first-order chi connectivity index (χ1) is 16.9. The minimum Gasteiger partial charge on any atom is -0.477 e. The molecule has 2 aromatic rings. The van der Waals surface area contributed by atoms with Crippen LogP contribution in [0.4, 0.5) is 5.13 Å². The summed E-state index contributed by atoms with van der Waals surface area (Å²) in [6.07, 6.45) is 11.8. The van der Waals surface area contributed by atoms with Gasteiger partial charge in [-0.1, -0.05) is 29.3 Å². The smallest absolute Gasteiger partial charge is 0.352 e. The lowest BCUT2D eigenvalue weighted by Crippen LogP contribution is -2.71. The van der Waals surface area contributed by atoms with Crippen molar-refractivity contribution < 1.29 is 24.3 Å². The average Bonchev–Trinajstić information content (AvgIpc) is 3.29. The maximum absolute atomic E-state index is 12.9. The van der Waals surface area contributed by atoms with Gasteiger partial charge >= 0.3 is 5.97 Å². The van der Waals surface area contributed by atoms with E-state index in [0.717, 1.165) is 16.9 Å². The van der Waals surface area contributed by atoms with Gasteiger partial charge in [-0.2, -0.15) is 0 Å². The summed E-state index contributed by atoms with van der Waals surface area (Å²) in [6.45, 7) is -0.173. The number of anilines is 1. The number of hydrogen-bond donors (Lipinski definition) is 3. The van der Waals surface area contributed by atoms with Crippen LogP contribution in [0.25, 0.3) is 6.08 Å². The average molecular weight is 511 g/mol. The van der Waals surface area contributed by atoms with Crippen molar-refractivity contribution in [2.45, 2.75) is 11.4 Å². The molecule has 0 spiro atoms. The Bertz CT molecular complexity index is 1300. The van der Waals surface area contributed by atoms with E-state index in [1.807, 2.05) is 6.07 Å². The van der Waals surface area contributed by atoms with Gasteiger partial charge in [0, 0.05) is 23.5 Å². The van der Waals surface area contributed by atoms with E-state index >= 15 is 0 Å². The molecule has 1 unspecified atom stereocenters. The predicted molar refractivity (Wildman–Crippen MR) is 131 cm³/mol. The molecule has 2 aliphatic heterocycles. The van der Waals surface area contributed by atoms with Crippen molar-refractivity contribution in [2.24, 2.45) is 5.16 Å². The maximum Gasteiger partial charge on any atom is 0.352 e. The number of terminal acetylenes is 1. The standard InChI is InChI=1S/C22H18N6O5S2/c1-2-8-33-27-15(14-11-35-22(23)25-14)18(29)26-16-19(30)28-17(21(31)32)13(10-34-20(16)28)6-5-12-4-3-7-24-9-12/h1,3-7,9,11,16,20H,8,10H2,(H2,23,25)(H,26,29)(H,31,32)/t16?,20-/m1/s1. The number of carboxylic acids is 1. The molecule has 0 radical (unpaired) electrons. The number of nitrogen functional groups attached to an aromatic ring is 1. The first-order valence-electron chi connectivity index (χ1n) is 10.1. The van der Waals surface area contributed by atoms with Crippen LogP contribution in [0.15, 0.2) is 52.4 Å². The van der Waals surface area contributed by atoms with E-state index in [4.69, 9.17) is 17.0 Å². The second-order valence-corrected chi connectivity index (χ2v) is 9.14. The SMILES string of the molecule is C#CCON=C(C(=O)NC1C(=O)N2C(C(=O)O)=C(C=Cc3cccnc3)CS[C@H]12)c1csc(N)n1. The minimum atomic E-state index is -1.23. The van der Waals surface area contributed by atoms with Crippen LogP contribution in [-0.4, -0.2) is 67.2 Å². The summed E-state index contributed by atoms with van der Waals surface area (Å²) in [5.41, 5.74) is 6.76. The van der Waals surface area contributed by atoms with Gasteiger partial charge in [-0.05, 0) is 17.2 Å². The molecule has 0 saturated carbocycles. The number of carboxylic acid groups (broad SMARTS) is 1. The summed E-state index contributed by atoms with van der Waals surface area (Å²) < 4.78 is 0. The minimum absolute atomic E-state index is 0.122. The molecule has 0 aromatic carbocycles. The highest BCUT2D eigenvalue weighted by Gasteiger charge is 2.54. The number of carbonyl (C=O) groups is 3. The van der Waals surface area contributed by atoms with Crippen LogP contribution in [0.1, 0.15) is 11.3 Å². The number of hydrogen-bond acceptors (Lipinski definition) is 10. The Morgan fingerprint density at radius 3 is 2.94 bits per heavy atom. The molecule has 0 aliphatic carbocycles. The van der Waals surface area contributed by atoms with E-state index in [-0.39, 0.29) is 28.8 Å². The van der Waals surface area contributed by atoms with Crippen LogP contribution in [0.5, 0.6) is 0 Å². The van der Waals surface area contributed by atoms with Gasteiger partial charge in [0.25, 0.3) is 11.8 Å². The molecule has 2 atom stereocenters. The topological polar surface area (TPSA) is 160 Å². The lowest BCUT2D eigenvalue weighted by atomic mass is 10.0. The molecule has 2 aromatic heterocycles. The van der Waals surface area contributed by atoms with Gasteiger partial charge < -0.3 is 21.0 Å². The van der Waals surface area contributed by atoms with Crippen molar-refractivity contribution in [1.82, 2.24) is 20.2 Å². The summed E-state index contributed by atoms with van der Waals surface area (Å²) in [6, 6.07) is 2.63. The van der Waals surface area contributed by atoms with Gasteiger partial charge in [-0.3, -0.25) is 19.5 Å². The maximum atomic E-state index is 12.9. The molecule has 11 nitrogen and oxygen atoms in total. The third-order valence-electron chi connectivity index (χ3n) is 4.93. The summed E-state index contributed by atoms with van der Waals surface area (Å²) in [7, 11) is 0. The Balaban J connectivity index is 1.53. The van der Waals surface area contributed by atoms with Crippen LogP contribution < -0.4 is 11.1 Å². The number of rotatable bonds is 8. The fourth-order valence-corrected chi connectivity index (χ4v) is 5.25. The number of amides is 2. The molecule has 4 heterocycles. The van der Waals surface area contributed by atoms with E-state index in [1.165, 1.54) is 22.0 Å². The Hall–Kier alpha value is -4.15. The normalized spacial score (nSPS) is 19.7. The highest BCUT2D eigenvalue weighted by molar-refractivity contribution is 8.00. The first-order valence-corrected chi connectivity index (χ1v) is 12.0. The third kappa shape index (κ3) is 5.03. The van der Waals surface area contributed by atoms with Crippen LogP contribution in [0.3, 0.4) is 0 Å². The molecule has 4 N–H and O–H groups in total. The zero-order valence-corrected chi connectivity index (χ0v) is 19.6. The van der Waals surface area contributed by atoms with E-state index in [1.54, 1.807) is 30.6 Å². The fourth-order valence-electron chi connectivity index (χ4n) is 3.39. The largest absolute Gasteiger partial charge is 0.477 e. The molecule has 13 heteroatoms. The number of nitrogens with one attached hydrogen (secondary N) is 1. The number of aliphatic carboxylic acids is 1. The number of oxime groups is 1. The highest BCUT2D eigenvalue weighted by atomic mass is 32.2. The number of pyridine rings is 1. The molecule has 0 bridgehead atoms. The molecule has 178 valence electrons. The lowest BCUT2D eigenvalue weighted by molar-refractivity contribution is -0.150. The van der Waals surface area contributed by atoms with E-state index in [9.17, 15) is 19.5 Å². The molecule has 2 amide bonds. The Morgan fingerprint density at radius 1 is 1.46 bits per heavy atom. The summed E-state index contributed by atoms with van der Waals surface area (Å²) in [5, 5.41) is 17.3. The van der Waals surface area contributed by atoms with Crippen molar-refractivity contribution in [1.29, 1.82) is 0 Å². The Kier molecular flexibility index (Phi) is 7.14. The number of thioether (sulfide) groups is 1. The van der Waals surface area contributed by atoms with Gasteiger partial charge in [-0.25, -0.2) is 9.78 Å². The van der Waals surface area contributed by atoms with Gasteiger partial charge in [0.2, 0.25) is 0 Å². The third-order valence-corrected chi connectivity index (χ3v) is 6.91. The fraction of sp³-hybridized carbons (Fsp3) is 0.182. The number of β-lactam (4-membered cyclic amide) rings is 1. The zero-order valence-electron chi connectivity index (χ0n) is 18.0.